The molecule has 2 aromatic carbocycles. The van der Waals surface area contributed by atoms with Crippen LogP contribution >= 0.6 is 11.9 Å². The second-order valence-corrected chi connectivity index (χ2v) is 11.1. The van der Waals surface area contributed by atoms with Crippen LogP contribution in [0.5, 0.6) is 0 Å². The van der Waals surface area contributed by atoms with Crippen LogP contribution in [0.4, 0.5) is 43.9 Å². The number of aromatic nitrogens is 3. The van der Waals surface area contributed by atoms with Crippen LogP contribution in [-0.4, -0.2) is 67.4 Å². The molecule has 5 rings (SSSR count). The number of carbonyl (C=O) groups excluding carboxylic acids is 1. The quantitative estimate of drug-likeness (QED) is 0.158. The third kappa shape index (κ3) is 6.43. The fraction of sp³-hybridized carbons (Fsp3) is 0.321. The van der Waals surface area contributed by atoms with E-state index in [2.05, 4.69) is 24.6 Å². The summed E-state index contributed by atoms with van der Waals surface area (Å²) in [4.78, 5) is 18.8. The molecule has 16 heteroatoms. The summed E-state index contributed by atoms with van der Waals surface area (Å²) in [6.45, 7) is 5.29. The van der Waals surface area contributed by atoms with Crippen LogP contribution in [0, 0.1) is 11.6 Å². The molecule has 1 saturated heterocycles. The maximum atomic E-state index is 15.4. The van der Waals surface area contributed by atoms with E-state index in [9.17, 15) is 27.5 Å². The molecular weight excluding hydrogens is 607 g/mol. The lowest BCUT2D eigenvalue weighted by molar-refractivity contribution is -0.137. The molecule has 0 radical (unpaired) electrons. The Kier molecular flexibility index (Phi) is 8.97. The first-order valence-electron chi connectivity index (χ1n) is 13.5. The highest BCUT2D eigenvalue weighted by Crippen LogP contribution is 2.40. The van der Waals surface area contributed by atoms with Crippen molar-refractivity contribution >= 4 is 40.7 Å². The van der Waals surface area contributed by atoms with E-state index in [-0.39, 0.29) is 11.5 Å². The Labute approximate surface area is 253 Å². The van der Waals surface area contributed by atoms with Crippen LogP contribution in [-0.2, 0) is 12.7 Å². The molecular formula is C28H29F5N8O2S. The zero-order chi connectivity index (χ0) is 31.8. The van der Waals surface area contributed by atoms with Crippen molar-refractivity contribution in [3.05, 3.63) is 71.2 Å². The van der Waals surface area contributed by atoms with Crippen LogP contribution in [0.1, 0.15) is 29.8 Å². The molecule has 10 nitrogen and oxygen atoms in total. The van der Waals surface area contributed by atoms with Gasteiger partial charge in [-0.3, -0.25) is 4.90 Å². The van der Waals surface area contributed by atoms with Gasteiger partial charge >= 0.3 is 12.2 Å². The van der Waals surface area contributed by atoms with Crippen molar-refractivity contribution in [2.75, 3.05) is 48.8 Å². The first-order valence-corrected chi connectivity index (χ1v) is 14.6. The van der Waals surface area contributed by atoms with Gasteiger partial charge in [0.05, 0.1) is 28.7 Å². The van der Waals surface area contributed by atoms with Gasteiger partial charge in [-0.05, 0) is 49.1 Å². The van der Waals surface area contributed by atoms with Crippen LogP contribution in [0.2, 0.25) is 0 Å². The molecule has 1 atom stereocenters. The number of nitrogens with one attached hydrogen (secondary N) is 2. The van der Waals surface area contributed by atoms with Gasteiger partial charge in [0.15, 0.2) is 5.82 Å². The second-order valence-electron chi connectivity index (χ2n) is 10.2. The Balaban J connectivity index is 1.46. The smallest absolute Gasteiger partial charge is 0.389 e. The molecule has 1 aliphatic heterocycles. The number of hydrogen-bond donors (Lipinski definition) is 4. The first-order chi connectivity index (χ1) is 20.9. The predicted octanol–water partition coefficient (Wildman–Crippen LogP) is 5.37. The zero-order valence-electron chi connectivity index (χ0n) is 23.6. The number of rotatable bonds is 7. The minimum absolute atomic E-state index is 0.112. The molecule has 0 saturated carbocycles. The van der Waals surface area contributed by atoms with Gasteiger partial charge < -0.3 is 21.5 Å². The van der Waals surface area contributed by atoms with Crippen molar-refractivity contribution in [3.8, 4) is 11.1 Å². The summed E-state index contributed by atoms with van der Waals surface area (Å²) < 4.78 is 72.4. The largest absolute Gasteiger partial charge is 0.416 e. The standard InChI is InChI=1S/C28H29F5N8O2S/c1-15(42)23-22(13-39-7-9-40(44-2)10-8-39)41-25(26(34)35-14-36-41)24(23)16-3-6-20(19(30)11-16)37-27(43)38-21-12-17(28(31,32)33)4-5-18(21)29/h3-6,11-12,14-15,42H,7-10,13H2,1-2H3,(H2,34,35,36)(H2,37,38,43). The van der Waals surface area contributed by atoms with E-state index in [1.807, 2.05) is 11.6 Å². The number of amides is 2. The number of anilines is 3. The zero-order valence-corrected chi connectivity index (χ0v) is 24.4. The molecule has 1 unspecified atom stereocenters. The summed E-state index contributed by atoms with van der Waals surface area (Å²) in [5.41, 5.74) is 6.31. The van der Waals surface area contributed by atoms with Crippen LogP contribution in [0.25, 0.3) is 16.6 Å². The Morgan fingerprint density at radius 3 is 2.41 bits per heavy atom. The fourth-order valence-electron chi connectivity index (χ4n) is 5.21. The number of fused-ring (bicyclic) bond motifs is 1. The number of benzene rings is 2. The van der Waals surface area contributed by atoms with E-state index in [4.69, 9.17) is 5.73 Å². The van der Waals surface area contributed by atoms with Gasteiger partial charge in [-0.15, -0.1) is 0 Å². The minimum atomic E-state index is -4.76. The van der Waals surface area contributed by atoms with Gasteiger partial charge in [0.25, 0.3) is 0 Å². The van der Waals surface area contributed by atoms with E-state index < -0.39 is 41.2 Å². The Morgan fingerprint density at radius 1 is 1.07 bits per heavy atom. The van der Waals surface area contributed by atoms with Gasteiger partial charge in [0.2, 0.25) is 0 Å². The number of halogens is 5. The number of piperazine rings is 1. The average Bonchev–Trinajstić information content (AvgIpc) is 3.30. The molecule has 1 fully saturated rings. The maximum Gasteiger partial charge on any atom is 0.416 e. The van der Waals surface area contributed by atoms with Crippen molar-refractivity contribution in [1.29, 1.82) is 0 Å². The van der Waals surface area contributed by atoms with Gasteiger partial charge in [-0.2, -0.15) is 18.3 Å². The van der Waals surface area contributed by atoms with Gasteiger partial charge in [-0.25, -0.2) is 27.4 Å². The summed E-state index contributed by atoms with van der Waals surface area (Å²) in [7, 11) is 0. The first kappa shape index (κ1) is 31.4. The van der Waals surface area contributed by atoms with E-state index in [1.165, 1.54) is 18.5 Å². The fourth-order valence-corrected chi connectivity index (χ4v) is 5.74. The van der Waals surface area contributed by atoms with E-state index in [0.29, 0.717) is 52.6 Å². The molecule has 3 heterocycles. The second kappa shape index (κ2) is 12.6. The molecule has 234 valence electrons. The molecule has 5 N–H and O–H groups in total. The van der Waals surface area contributed by atoms with E-state index in [0.717, 1.165) is 32.2 Å². The van der Waals surface area contributed by atoms with Crippen molar-refractivity contribution in [1.82, 2.24) is 23.8 Å². The lowest BCUT2D eigenvalue weighted by Gasteiger charge is -2.33. The third-order valence-electron chi connectivity index (χ3n) is 7.32. The van der Waals surface area contributed by atoms with Crippen LogP contribution in [0.3, 0.4) is 0 Å². The molecule has 2 amide bonds. The number of urea groups is 1. The Morgan fingerprint density at radius 2 is 1.77 bits per heavy atom. The Bertz CT molecular complexity index is 1690. The van der Waals surface area contributed by atoms with Crippen LogP contribution in [0.15, 0.2) is 42.7 Å². The maximum absolute atomic E-state index is 15.4. The van der Waals surface area contributed by atoms with E-state index >= 15 is 4.39 Å². The monoisotopic (exact) mass is 636 g/mol. The lowest BCUT2D eigenvalue weighted by Crippen LogP contribution is -2.43. The topological polar surface area (TPSA) is 124 Å². The minimum Gasteiger partial charge on any atom is -0.389 e. The summed E-state index contributed by atoms with van der Waals surface area (Å²) in [5.74, 6) is -1.89. The summed E-state index contributed by atoms with van der Waals surface area (Å²) >= 11 is 1.68. The molecule has 1 aliphatic rings. The number of nitrogens with two attached hydrogens (primary N) is 1. The molecule has 0 spiro atoms. The number of nitrogen functional groups attached to an aromatic ring is 1. The summed E-state index contributed by atoms with van der Waals surface area (Å²) in [6, 6.07) is 4.24. The molecule has 4 aromatic rings. The highest BCUT2D eigenvalue weighted by molar-refractivity contribution is 7.96. The van der Waals surface area contributed by atoms with Gasteiger partial charge in [0.1, 0.15) is 23.5 Å². The van der Waals surface area contributed by atoms with Crippen molar-refractivity contribution < 1.29 is 31.9 Å². The van der Waals surface area contributed by atoms with Crippen LogP contribution < -0.4 is 16.4 Å². The normalized spacial score (nSPS) is 15.5. The predicted molar refractivity (Wildman–Crippen MR) is 158 cm³/mol. The Hall–Kier alpha value is -3.99. The number of carbonyl (C=O) groups is 1. The summed E-state index contributed by atoms with van der Waals surface area (Å²) in [5, 5.41) is 19.5. The molecule has 2 aromatic heterocycles. The molecule has 0 bridgehead atoms. The van der Waals surface area contributed by atoms with Crippen molar-refractivity contribution in [2.24, 2.45) is 0 Å². The highest BCUT2D eigenvalue weighted by Gasteiger charge is 2.32. The average molecular weight is 637 g/mol. The molecule has 0 aliphatic carbocycles. The number of alkyl halides is 3. The van der Waals surface area contributed by atoms with Crippen molar-refractivity contribution in [2.45, 2.75) is 25.7 Å². The van der Waals surface area contributed by atoms with E-state index in [1.54, 1.807) is 23.4 Å². The lowest BCUT2D eigenvalue weighted by atomic mass is 9.97. The molecule has 44 heavy (non-hydrogen) atoms. The number of aliphatic hydroxyl groups is 1. The van der Waals surface area contributed by atoms with Gasteiger partial charge in [-0.1, -0.05) is 18.0 Å². The number of hydrogen-bond acceptors (Lipinski definition) is 8. The summed E-state index contributed by atoms with van der Waals surface area (Å²) in [6.07, 6.45) is -2.43. The number of nitrogens with zero attached hydrogens (tertiary/aromatic N) is 5. The third-order valence-corrected chi connectivity index (χ3v) is 8.20. The SMILES string of the molecule is CSN1CCN(Cc2c(C(C)O)c(-c3ccc(NC(=O)Nc4cc(C(F)(F)F)ccc4F)c(F)c3)c3c(N)ncnn23)CC1. The highest BCUT2D eigenvalue weighted by atomic mass is 32.2. The number of aliphatic hydroxyl groups excluding tert-OH is 1. The van der Waals surface area contributed by atoms with Gasteiger partial charge in [0, 0.05) is 43.9 Å². The van der Waals surface area contributed by atoms with Crippen molar-refractivity contribution in [3.63, 3.8) is 0 Å².